The summed E-state index contributed by atoms with van der Waals surface area (Å²) in [6, 6.07) is 6.40. The predicted octanol–water partition coefficient (Wildman–Crippen LogP) is 1.63. The van der Waals surface area contributed by atoms with Gasteiger partial charge in [0.25, 0.3) is 0 Å². The van der Waals surface area contributed by atoms with E-state index in [9.17, 15) is 13.2 Å². The minimum absolute atomic E-state index is 0.0592. The zero-order chi connectivity index (χ0) is 17.2. The van der Waals surface area contributed by atoms with Crippen molar-refractivity contribution in [2.45, 2.75) is 20.8 Å². The van der Waals surface area contributed by atoms with Crippen LogP contribution >= 0.6 is 0 Å². The topological polar surface area (TPSA) is 57.7 Å². The van der Waals surface area contributed by atoms with Crippen molar-refractivity contribution in [3.8, 4) is 0 Å². The lowest BCUT2D eigenvalue weighted by Crippen LogP contribution is -2.51. The van der Waals surface area contributed by atoms with E-state index in [2.05, 4.69) is 36.9 Å². The van der Waals surface area contributed by atoms with E-state index in [1.165, 1.54) is 23.1 Å². The first-order valence-electron chi connectivity index (χ1n) is 7.96. The Morgan fingerprint density at radius 1 is 1.17 bits per heavy atom. The second kappa shape index (κ2) is 6.91. The van der Waals surface area contributed by atoms with Gasteiger partial charge < -0.3 is 9.80 Å². The molecular formula is C17H26N2O3S. The highest BCUT2D eigenvalue weighted by molar-refractivity contribution is 7.90. The maximum Gasteiger partial charge on any atom is 0.226 e. The van der Waals surface area contributed by atoms with Crippen LogP contribution in [-0.2, 0) is 14.6 Å². The number of amides is 1. The van der Waals surface area contributed by atoms with Crippen molar-refractivity contribution in [3.05, 3.63) is 29.3 Å². The SMILES string of the molecule is Cc1ccc(C)c(N2CCN(C(=O)C(C)CS(C)(=O)=O)CC2)c1. The van der Waals surface area contributed by atoms with E-state index in [4.69, 9.17) is 0 Å². The van der Waals surface area contributed by atoms with E-state index in [1.54, 1.807) is 11.8 Å². The Hall–Kier alpha value is -1.56. The van der Waals surface area contributed by atoms with E-state index in [1.807, 2.05) is 0 Å². The lowest BCUT2D eigenvalue weighted by molar-refractivity contribution is -0.134. The molecule has 6 heteroatoms. The Balaban J connectivity index is 1.98. The van der Waals surface area contributed by atoms with Crippen molar-refractivity contribution in [2.75, 3.05) is 43.1 Å². The van der Waals surface area contributed by atoms with Crippen LogP contribution in [0.3, 0.4) is 0 Å². The zero-order valence-corrected chi connectivity index (χ0v) is 15.2. The molecule has 1 aliphatic rings. The van der Waals surface area contributed by atoms with Gasteiger partial charge in [-0.1, -0.05) is 19.1 Å². The fourth-order valence-electron chi connectivity index (χ4n) is 3.06. The number of hydrogen-bond acceptors (Lipinski definition) is 4. The van der Waals surface area contributed by atoms with Crippen LogP contribution in [0.15, 0.2) is 18.2 Å². The number of piperazine rings is 1. The number of hydrogen-bond donors (Lipinski definition) is 0. The number of anilines is 1. The molecule has 0 radical (unpaired) electrons. The molecule has 23 heavy (non-hydrogen) atoms. The molecule has 0 saturated carbocycles. The number of rotatable bonds is 4. The van der Waals surface area contributed by atoms with Gasteiger partial charge in [-0.05, 0) is 31.0 Å². The van der Waals surface area contributed by atoms with Gasteiger partial charge in [0.1, 0.15) is 9.84 Å². The van der Waals surface area contributed by atoms with Crippen LogP contribution in [0.1, 0.15) is 18.1 Å². The van der Waals surface area contributed by atoms with Gasteiger partial charge >= 0.3 is 0 Å². The molecule has 0 bridgehead atoms. The van der Waals surface area contributed by atoms with Crippen molar-refractivity contribution in [1.29, 1.82) is 0 Å². The average Bonchev–Trinajstić information content (AvgIpc) is 2.47. The summed E-state index contributed by atoms with van der Waals surface area (Å²) in [5.41, 5.74) is 3.69. The van der Waals surface area contributed by atoms with Crippen LogP contribution < -0.4 is 4.90 Å². The molecule has 1 atom stereocenters. The number of sulfone groups is 1. The van der Waals surface area contributed by atoms with Crippen molar-refractivity contribution in [1.82, 2.24) is 4.90 Å². The molecule has 5 nitrogen and oxygen atoms in total. The summed E-state index contributed by atoms with van der Waals surface area (Å²) in [5, 5.41) is 0. The van der Waals surface area contributed by atoms with Crippen LogP contribution in [0, 0.1) is 19.8 Å². The summed E-state index contributed by atoms with van der Waals surface area (Å²) in [5.74, 6) is -0.614. The van der Waals surface area contributed by atoms with Gasteiger partial charge in [0.15, 0.2) is 0 Å². The van der Waals surface area contributed by atoms with Crippen molar-refractivity contribution in [3.63, 3.8) is 0 Å². The van der Waals surface area contributed by atoms with Crippen molar-refractivity contribution >= 4 is 21.4 Å². The molecule has 0 aromatic heterocycles. The molecule has 1 aromatic rings. The second-order valence-corrected chi connectivity index (χ2v) is 8.78. The van der Waals surface area contributed by atoms with Crippen molar-refractivity contribution in [2.24, 2.45) is 5.92 Å². The Morgan fingerprint density at radius 3 is 2.35 bits per heavy atom. The fourth-order valence-corrected chi connectivity index (χ4v) is 4.12. The lowest BCUT2D eigenvalue weighted by atomic mass is 10.1. The first-order valence-corrected chi connectivity index (χ1v) is 10.0. The standard InChI is InChI=1S/C17H26N2O3S/c1-13-5-6-14(2)16(11-13)18-7-9-19(10-8-18)17(20)15(3)12-23(4,21)22/h5-6,11,15H,7-10,12H2,1-4H3. The van der Waals surface area contributed by atoms with Gasteiger partial charge in [-0.25, -0.2) is 8.42 Å². The molecular weight excluding hydrogens is 312 g/mol. The highest BCUT2D eigenvalue weighted by atomic mass is 32.2. The normalized spacial score (nSPS) is 17.2. The minimum Gasteiger partial charge on any atom is -0.368 e. The zero-order valence-electron chi connectivity index (χ0n) is 14.4. The molecule has 0 spiro atoms. The van der Waals surface area contributed by atoms with Gasteiger partial charge in [-0.3, -0.25) is 4.79 Å². The van der Waals surface area contributed by atoms with E-state index in [0.29, 0.717) is 13.1 Å². The highest BCUT2D eigenvalue weighted by Gasteiger charge is 2.27. The lowest BCUT2D eigenvalue weighted by Gasteiger charge is -2.38. The third-order valence-corrected chi connectivity index (χ3v) is 5.38. The maximum atomic E-state index is 12.4. The van der Waals surface area contributed by atoms with Crippen LogP contribution in [0.4, 0.5) is 5.69 Å². The van der Waals surface area contributed by atoms with Gasteiger partial charge in [0, 0.05) is 44.0 Å². The molecule has 2 rings (SSSR count). The van der Waals surface area contributed by atoms with Gasteiger partial charge in [0.05, 0.1) is 5.75 Å². The van der Waals surface area contributed by atoms with Crippen LogP contribution in [-0.4, -0.2) is 57.4 Å². The number of carbonyl (C=O) groups excluding carboxylic acids is 1. The molecule has 0 N–H and O–H groups in total. The third-order valence-electron chi connectivity index (χ3n) is 4.27. The fraction of sp³-hybridized carbons (Fsp3) is 0.588. The Labute approximate surface area is 139 Å². The summed E-state index contributed by atoms with van der Waals surface area (Å²) in [6.07, 6.45) is 1.18. The average molecular weight is 338 g/mol. The summed E-state index contributed by atoms with van der Waals surface area (Å²) in [6.45, 7) is 8.71. The van der Waals surface area contributed by atoms with Gasteiger partial charge in [-0.15, -0.1) is 0 Å². The van der Waals surface area contributed by atoms with Crippen LogP contribution in [0.25, 0.3) is 0 Å². The van der Waals surface area contributed by atoms with E-state index in [0.717, 1.165) is 13.1 Å². The smallest absolute Gasteiger partial charge is 0.226 e. The maximum absolute atomic E-state index is 12.4. The third kappa shape index (κ3) is 4.70. The van der Waals surface area contributed by atoms with Gasteiger partial charge in [-0.2, -0.15) is 0 Å². The molecule has 1 aliphatic heterocycles. The van der Waals surface area contributed by atoms with E-state index >= 15 is 0 Å². The summed E-state index contributed by atoms with van der Waals surface area (Å²) < 4.78 is 22.7. The molecule has 128 valence electrons. The first kappa shape index (κ1) is 17.8. The molecule has 1 saturated heterocycles. The monoisotopic (exact) mass is 338 g/mol. The van der Waals surface area contributed by atoms with E-state index < -0.39 is 15.8 Å². The summed E-state index contributed by atoms with van der Waals surface area (Å²) in [4.78, 5) is 16.5. The highest BCUT2D eigenvalue weighted by Crippen LogP contribution is 2.23. The summed E-state index contributed by atoms with van der Waals surface area (Å²) >= 11 is 0. The minimum atomic E-state index is -3.13. The van der Waals surface area contributed by atoms with Gasteiger partial charge in [0.2, 0.25) is 5.91 Å². The molecule has 1 heterocycles. The van der Waals surface area contributed by atoms with Crippen LogP contribution in [0.5, 0.6) is 0 Å². The predicted molar refractivity (Wildman–Crippen MR) is 93.6 cm³/mol. The van der Waals surface area contributed by atoms with Crippen LogP contribution in [0.2, 0.25) is 0 Å². The number of nitrogens with zero attached hydrogens (tertiary/aromatic N) is 2. The number of carbonyl (C=O) groups is 1. The number of benzene rings is 1. The molecule has 0 aliphatic carbocycles. The number of aryl methyl sites for hydroxylation is 2. The Morgan fingerprint density at radius 2 is 1.78 bits per heavy atom. The van der Waals surface area contributed by atoms with Crippen molar-refractivity contribution < 1.29 is 13.2 Å². The first-order chi connectivity index (χ1) is 10.7. The molecule has 1 fully saturated rings. The quantitative estimate of drug-likeness (QED) is 0.837. The Bertz CT molecular complexity index is 677. The largest absolute Gasteiger partial charge is 0.368 e. The Kier molecular flexibility index (Phi) is 5.34. The molecule has 1 amide bonds. The molecule has 1 unspecified atom stereocenters. The summed E-state index contributed by atoms with van der Waals surface area (Å²) in [7, 11) is -3.13. The van der Waals surface area contributed by atoms with E-state index in [-0.39, 0.29) is 11.7 Å². The molecule has 1 aromatic carbocycles. The second-order valence-electron chi connectivity index (χ2n) is 6.60.